The van der Waals surface area contributed by atoms with Crippen molar-refractivity contribution in [2.45, 2.75) is 46.1 Å². The predicted molar refractivity (Wildman–Crippen MR) is 82.2 cm³/mol. The Morgan fingerprint density at radius 3 is 2.71 bits per heavy atom. The number of carbonyl (C=O) groups is 1. The van der Waals surface area contributed by atoms with Gasteiger partial charge in [-0.15, -0.1) is 0 Å². The Kier molecular flexibility index (Phi) is 2.94. The molecule has 5 heteroatoms. The maximum absolute atomic E-state index is 11.1. The zero-order valence-electron chi connectivity index (χ0n) is 12.8. The molecule has 0 aliphatic heterocycles. The third kappa shape index (κ3) is 2.06. The first-order chi connectivity index (χ1) is 9.74. The van der Waals surface area contributed by atoms with Crippen molar-refractivity contribution in [3.63, 3.8) is 0 Å². The first kappa shape index (κ1) is 14.2. The second kappa shape index (κ2) is 4.36. The van der Waals surface area contributed by atoms with Crippen LogP contribution in [-0.4, -0.2) is 22.1 Å². The third-order valence-corrected chi connectivity index (χ3v) is 5.70. The monoisotopic (exact) mass is 289 g/mol. The van der Waals surface area contributed by atoms with E-state index in [4.69, 9.17) is 10.8 Å². The molecule has 21 heavy (non-hydrogen) atoms. The van der Waals surface area contributed by atoms with Crippen molar-refractivity contribution in [2.75, 3.05) is 11.1 Å². The molecule has 0 saturated heterocycles. The zero-order chi connectivity index (χ0) is 15.4. The largest absolute Gasteiger partial charge is 0.477 e. The lowest BCUT2D eigenvalue weighted by Crippen LogP contribution is -2.46. The van der Waals surface area contributed by atoms with Gasteiger partial charge in [-0.1, -0.05) is 20.8 Å². The number of fused-ring (bicyclic) bond motifs is 2. The second-order valence-corrected chi connectivity index (χ2v) is 7.43. The van der Waals surface area contributed by atoms with E-state index < -0.39 is 5.97 Å². The van der Waals surface area contributed by atoms with Crippen LogP contribution < -0.4 is 11.1 Å². The number of anilines is 2. The van der Waals surface area contributed by atoms with Crippen LogP contribution in [0.3, 0.4) is 0 Å². The molecular formula is C16H23N3O2. The van der Waals surface area contributed by atoms with Crippen LogP contribution in [0.1, 0.15) is 50.5 Å². The number of nitrogens with zero attached hydrogens (tertiary/aromatic N) is 1. The minimum absolute atomic E-state index is 0.0258. The molecule has 1 aromatic heterocycles. The molecule has 3 unspecified atom stereocenters. The molecule has 2 aliphatic carbocycles. The molecule has 2 fully saturated rings. The zero-order valence-corrected chi connectivity index (χ0v) is 12.8. The van der Waals surface area contributed by atoms with Gasteiger partial charge in [0, 0.05) is 6.04 Å². The van der Waals surface area contributed by atoms with Crippen LogP contribution in [0.25, 0.3) is 0 Å². The molecule has 2 saturated carbocycles. The highest BCUT2D eigenvalue weighted by Crippen LogP contribution is 2.63. The summed E-state index contributed by atoms with van der Waals surface area (Å²) >= 11 is 0. The van der Waals surface area contributed by atoms with Crippen molar-refractivity contribution >= 4 is 17.5 Å². The van der Waals surface area contributed by atoms with Crippen molar-refractivity contribution in [2.24, 2.45) is 16.7 Å². The third-order valence-electron chi connectivity index (χ3n) is 5.70. The Morgan fingerprint density at radius 1 is 1.43 bits per heavy atom. The number of carboxylic acids is 1. The van der Waals surface area contributed by atoms with Crippen LogP contribution in [-0.2, 0) is 0 Å². The van der Waals surface area contributed by atoms with Crippen molar-refractivity contribution in [3.05, 3.63) is 17.8 Å². The lowest BCUT2D eigenvalue weighted by molar-refractivity contribution is 0.0690. The minimum Gasteiger partial charge on any atom is -0.477 e. The Balaban J connectivity index is 1.93. The molecular weight excluding hydrogens is 266 g/mol. The van der Waals surface area contributed by atoms with Gasteiger partial charge in [0.2, 0.25) is 0 Å². The van der Waals surface area contributed by atoms with Gasteiger partial charge in [0.25, 0.3) is 0 Å². The summed E-state index contributed by atoms with van der Waals surface area (Å²) in [5.41, 5.74) is 6.91. The van der Waals surface area contributed by atoms with Gasteiger partial charge in [-0.2, -0.15) is 0 Å². The molecule has 114 valence electrons. The quantitative estimate of drug-likeness (QED) is 0.796. The van der Waals surface area contributed by atoms with E-state index in [1.165, 1.54) is 25.3 Å². The number of rotatable bonds is 3. The van der Waals surface area contributed by atoms with Gasteiger partial charge in [-0.25, -0.2) is 9.78 Å². The molecule has 2 bridgehead atoms. The summed E-state index contributed by atoms with van der Waals surface area (Å²) in [5, 5.41) is 12.6. The normalized spacial score (nSPS) is 33.1. The molecule has 0 spiro atoms. The van der Waals surface area contributed by atoms with Crippen LogP contribution >= 0.6 is 0 Å². The number of hydrogen-bond acceptors (Lipinski definition) is 4. The Bertz CT molecular complexity index is 594. The molecule has 0 amide bonds. The highest BCUT2D eigenvalue weighted by Gasteiger charge is 2.59. The lowest BCUT2D eigenvalue weighted by atomic mass is 9.68. The van der Waals surface area contributed by atoms with Gasteiger partial charge in [-0.05, 0) is 48.1 Å². The first-order valence-electron chi connectivity index (χ1n) is 7.50. The van der Waals surface area contributed by atoms with Crippen molar-refractivity contribution < 1.29 is 9.90 Å². The molecule has 0 radical (unpaired) electrons. The van der Waals surface area contributed by atoms with E-state index in [1.54, 1.807) is 6.07 Å². The van der Waals surface area contributed by atoms with Gasteiger partial charge in [0.05, 0.1) is 5.69 Å². The SMILES string of the molecule is CC12CCC(C1)C(C)(C)C2Nc1nc(C(=O)O)ccc1N. The van der Waals surface area contributed by atoms with Crippen LogP contribution in [0.4, 0.5) is 11.5 Å². The summed E-state index contributed by atoms with van der Waals surface area (Å²) in [7, 11) is 0. The number of nitrogen functional groups attached to an aromatic ring is 1. The summed E-state index contributed by atoms with van der Waals surface area (Å²) in [6, 6.07) is 3.32. The topological polar surface area (TPSA) is 88.2 Å². The fourth-order valence-corrected chi connectivity index (χ4v) is 4.50. The van der Waals surface area contributed by atoms with Gasteiger partial charge in [0.1, 0.15) is 5.82 Å². The smallest absolute Gasteiger partial charge is 0.354 e. The molecule has 1 heterocycles. The van der Waals surface area contributed by atoms with E-state index in [2.05, 4.69) is 31.1 Å². The first-order valence-corrected chi connectivity index (χ1v) is 7.50. The van der Waals surface area contributed by atoms with Crippen molar-refractivity contribution in [3.8, 4) is 0 Å². The van der Waals surface area contributed by atoms with E-state index in [0.717, 1.165) is 0 Å². The summed E-state index contributed by atoms with van der Waals surface area (Å²) in [6.45, 7) is 6.89. The van der Waals surface area contributed by atoms with Gasteiger partial charge in [0.15, 0.2) is 5.69 Å². The molecule has 5 nitrogen and oxygen atoms in total. The number of aromatic nitrogens is 1. The van der Waals surface area contributed by atoms with Gasteiger partial charge in [-0.3, -0.25) is 0 Å². The highest BCUT2D eigenvalue weighted by molar-refractivity contribution is 5.86. The molecule has 4 N–H and O–H groups in total. The molecule has 1 aromatic rings. The molecule has 2 aliphatic rings. The second-order valence-electron chi connectivity index (χ2n) is 7.43. The Hall–Kier alpha value is -1.78. The number of nitrogens with one attached hydrogen (secondary N) is 1. The van der Waals surface area contributed by atoms with E-state index in [0.29, 0.717) is 17.4 Å². The summed E-state index contributed by atoms with van der Waals surface area (Å²) < 4.78 is 0. The minimum atomic E-state index is -1.03. The average Bonchev–Trinajstić information content (AvgIpc) is 2.87. The maximum atomic E-state index is 11.1. The van der Waals surface area contributed by atoms with E-state index in [9.17, 15) is 4.79 Å². The van der Waals surface area contributed by atoms with E-state index in [-0.39, 0.29) is 22.6 Å². The summed E-state index contributed by atoms with van der Waals surface area (Å²) in [5.74, 6) is 0.182. The van der Waals surface area contributed by atoms with Crippen LogP contribution in [0, 0.1) is 16.7 Å². The number of carboxylic acid groups (broad SMARTS) is 1. The average molecular weight is 289 g/mol. The fraction of sp³-hybridized carbons (Fsp3) is 0.625. The van der Waals surface area contributed by atoms with Crippen molar-refractivity contribution in [1.82, 2.24) is 4.98 Å². The highest BCUT2D eigenvalue weighted by atomic mass is 16.4. The number of hydrogen-bond donors (Lipinski definition) is 3. The molecule has 3 rings (SSSR count). The predicted octanol–water partition coefficient (Wildman–Crippen LogP) is 2.99. The molecule has 0 aromatic carbocycles. The van der Waals surface area contributed by atoms with Gasteiger partial charge >= 0.3 is 5.97 Å². The number of nitrogens with two attached hydrogens (primary N) is 1. The van der Waals surface area contributed by atoms with Crippen LogP contribution in [0.5, 0.6) is 0 Å². The molecule has 3 atom stereocenters. The Labute approximate surface area is 124 Å². The van der Waals surface area contributed by atoms with Crippen LogP contribution in [0.2, 0.25) is 0 Å². The fourth-order valence-electron chi connectivity index (χ4n) is 4.50. The lowest BCUT2D eigenvalue weighted by Gasteiger charge is -2.43. The number of pyridine rings is 1. The standard InChI is InChI=1S/C16H23N3O2/c1-15(2)9-6-7-16(3,8-9)14(15)19-12-10(17)4-5-11(18-12)13(20)21/h4-5,9,14H,6-8,17H2,1-3H3,(H,18,19)(H,20,21). The number of aromatic carboxylic acids is 1. The van der Waals surface area contributed by atoms with E-state index in [1.807, 2.05) is 0 Å². The van der Waals surface area contributed by atoms with Crippen molar-refractivity contribution in [1.29, 1.82) is 0 Å². The van der Waals surface area contributed by atoms with E-state index >= 15 is 0 Å². The summed E-state index contributed by atoms with van der Waals surface area (Å²) in [4.78, 5) is 15.3. The Morgan fingerprint density at radius 2 is 2.14 bits per heavy atom. The maximum Gasteiger partial charge on any atom is 0.354 e. The van der Waals surface area contributed by atoms with Crippen LogP contribution in [0.15, 0.2) is 12.1 Å². The summed E-state index contributed by atoms with van der Waals surface area (Å²) in [6.07, 6.45) is 3.70. The van der Waals surface area contributed by atoms with Gasteiger partial charge < -0.3 is 16.2 Å².